The maximum Gasteiger partial charge on any atom is 0.142 e. The summed E-state index contributed by atoms with van der Waals surface area (Å²) in [6, 6.07) is 3.69. The van der Waals surface area contributed by atoms with Crippen molar-refractivity contribution in [2.24, 2.45) is 0 Å². The molecule has 0 fully saturated rings. The van der Waals surface area contributed by atoms with Gasteiger partial charge in [0.2, 0.25) is 0 Å². The fourth-order valence-corrected chi connectivity index (χ4v) is 1.60. The second-order valence-corrected chi connectivity index (χ2v) is 3.60. The van der Waals surface area contributed by atoms with Crippen molar-refractivity contribution in [1.82, 2.24) is 5.06 Å². The largest absolute Gasteiger partial charge is 0.495 e. The lowest BCUT2D eigenvalue weighted by atomic mass is 10.1. The molecule has 4 heteroatoms. The topological polar surface area (TPSA) is 32.7 Å². The average molecular weight is 216 g/mol. The minimum atomic E-state index is 0.398. The summed E-state index contributed by atoms with van der Waals surface area (Å²) in [6.07, 6.45) is 0. The van der Waals surface area contributed by atoms with Crippen LogP contribution in [0.2, 0.25) is 5.02 Å². The second kappa shape index (κ2) is 4.64. The molecule has 0 unspecified atom stereocenters. The molecule has 0 saturated carbocycles. The molecule has 0 aliphatic rings. The second-order valence-electron chi connectivity index (χ2n) is 3.19. The molecule has 1 aromatic rings. The minimum Gasteiger partial charge on any atom is -0.495 e. The third-order valence-corrected chi connectivity index (χ3v) is 2.34. The van der Waals surface area contributed by atoms with Gasteiger partial charge in [-0.25, -0.2) is 0 Å². The Bertz CT molecular complexity index is 326. The average Bonchev–Trinajstić information content (AvgIpc) is 2.11. The molecule has 0 spiro atoms. The van der Waals surface area contributed by atoms with Gasteiger partial charge in [-0.2, -0.15) is 5.06 Å². The highest BCUT2D eigenvalue weighted by Gasteiger charge is 2.11. The Morgan fingerprint density at radius 1 is 1.50 bits per heavy atom. The van der Waals surface area contributed by atoms with Gasteiger partial charge in [-0.3, -0.25) is 0 Å². The fourth-order valence-electron chi connectivity index (χ4n) is 1.34. The smallest absolute Gasteiger partial charge is 0.142 e. The molecule has 0 heterocycles. The SMILES string of the molecule is COc1c(Cl)ccc(C)c1CN(C)O. The quantitative estimate of drug-likeness (QED) is 0.787. The lowest BCUT2D eigenvalue weighted by molar-refractivity contribution is -0.0736. The number of methoxy groups -OCH3 is 1. The number of hydrogen-bond donors (Lipinski definition) is 1. The summed E-state index contributed by atoms with van der Waals surface area (Å²) in [5.74, 6) is 0.632. The van der Waals surface area contributed by atoms with Gasteiger partial charge in [0.15, 0.2) is 0 Å². The normalized spacial score (nSPS) is 10.7. The summed E-state index contributed by atoms with van der Waals surface area (Å²) in [7, 11) is 3.15. The Hall–Kier alpha value is -0.770. The predicted octanol–water partition coefficient (Wildman–Crippen LogP) is 2.48. The van der Waals surface area contributed by atoms with Crippen LogP contribution in [0.25, 0.3) is 0 Å². The molecule has 0 bridgehead atoms. The number of halogens is 1. The zero-order valence-corrected chi connectivity index (χ0v) is 9.30. The van der Waals surface area contributed by atoms with E-state index in [2.05, 4.69) is 0 Å². The van der Waals surface area contributed by atoms with Crippen molar-refractivity contribution in [3.63, 3.8) is 0 Å². The van der Waals surface area contributed by atoms with Crippen LogP contribution in [0, 0.1) is 6.92 Å². The van der Waals surface area contributed by atoms with Crippen molar-refractivity contribution in [3.05, 3.63) is 28.3 Å². The molecule has 0 aliphatic heterocycles. The van der Waals surface area contributed by atoms with Gasteiger partial charge >= 0.3 is 0 Å². The van der Waals surface area contributed by atoms with E-state index in [1.54, 1.807) is 20.2 Å². The highest BCUT2D eigenvalue weighted by Crippen LogP contribution is 2.31. The molecular weight excluding hydrogens is 202 g/mol. The Morgan fingerprint density at radius 2 is 2.14 bits per heavy atom. The summed E-state index contributed by atoms with van der Waals surface area (Å²) in [6.45, 7) is 2.35. The van der Waals surface area contributed by atoms with Gasteiger partial charge in [-0.1, -0.05) is 17.7 Å². The van der Waals surface area contributed by atoms with Crippen molar-refractivity contribution in [3.8, 4) is 5.75 Å². The molecule has 1 N–H and O–H groups in total. The van der Waals surface area contributed by atoms with Crippen LogP contribution < -0.4 is 4.74 Å². The van der Waals surface area contributed by atoms with E-state index in [0.29, 0.717) is 17.3 Å². The first kappa shape index (κ1) is 11.3. The lowest BCUT2D eigenvalue weighted by Crippen LogP contribution is -2.13. The first-order valence-corrected chi connectivity index (χ1v) is 4.66. The zero-order chi connectivity index (χ0) is 10.7. The number of benzene rings is 1. The van der Waals surface area contributed by atoms with E-state index >= 15 is 0 Å². The molecular formula is C10H14ClNO2. The monoisotopic (exact) mass is 215 g/mol. The van der Waals surface area contributed by atoms with Crippen molar-refractivity contribution < 1.29 is 9.94 Å². The maximum absolute atomic E-state index is 9.18. The molecule has 78 valence electrons. The summed E-state index contributed by atoms with van der Waals surface area (Å²) in [5, 5.41) is 10.8. The van der Waals surface area contributed by atoms with Gasteiger partial charge < -0.3 is 9.94 Å². The van der Waals surface area contributed by atoms with Crippen LogP contribution in [0.4, 0.5) is 0 Å². The van der Waals surface area contributed by atoms with E-state index in [-0.39, 0.29) is 0 Å². The van der Waals surface area contributed by atoms with Crippen molar-refractivity contribution in [1.29, 1.82) is 0 Å². The molecule has 0 saturated heterocycles. The van der Waals surface area contributed by atoms with Crippen molar-refractivity contribution >= 4 is 11.6 Å². The third kappa shape index (κ3) is 2.38. The molecule has 0 aliphatic carbocycles. The fraction of sp³-hybridized carbons (Fsp3) is 0.400. The van der Waals surface area contributed by atoms with Crippen molar-refractivity contribution in [2.75, 3.05) is 14.2 Å². The molecule has 0 atom stereocenters. The number of hydrogen-bond acceptors (Lipinski definition) is 3. The zero-order valence-electron chi connectivity index (χ0n) is 8.54. The molecule has 3 nitrogen and oxygen atoms in total. The van der Waals surface area contributed by atoms with Crippen LogP contribution >= 0.6 is 11.6 Å². The Labute approximate surface area is 88.8 Å². The van der Waals surface area contributed by atoms with Crippen molar-refractivity contribution in [2.45, 2.75) is 13.5 Å². The number of ether oxygens (including phenoxy) is 1. The highest BCUT2D eigenvalue weighted by atomic mass is 35.5. The number of aryl methyl sites for hydroxylation is 1. The van der Waals surface area contributed by atoms with Gasteiger partial charge in [-0.15, -0.1) is 0 Å². The van der Waals surface area contributed by atoms with E-state index in [1.165, 1.54) is 0 Å². The van der Waals surface area contributed by atoms with E-state index in [4.69, 9.17) is 16.3 Å². The van der Waals surface area contributed by atoms with Crippen LogP contribution in [0.15, 0.2) is 12.1 Å². The van der Waals surface area contributed by atoms with E-state index in [0.717, 1.165) is 16.2 Å². The summed E-state index contributed by atoms with van der Waals surface area (Å²) >= 11 is 5.96. The van der Waals surface area contributed by atoms with Crippen LogP contribution in [0.3, 0.4) is 0 Å². The van der Waals surface area contributed by atoms with E-state index in [9.17, 15) is 5.21 Å². The molecule has 14 heavy (non-hydrogen) atoms. The number of rotatable bonds is 3. The van der Waals surface area contributed by atoms with Crippen LogP contribution in [0.5, 0.6) is 5.75 Å². The standard InChI is InChI=1S/C10H14ClNO2/c1-7-4-5-9(11)10(14-3)8(7)6-12(2)13/h4-5,13H,6H2,1-3H3. The number of hydroxylamine groups is 2. The van der Waals surface area contributed by atoms with Gasteiger partial charge in [0.25, 0.3) is 0 Å². The minimum absolute atomic E-state index is 0.398. The van der Waals surface area contributed by atoms with Crippen LogP contribution in [-0.2, 0) is 6.54 Å². The van der Waals surface area contributed by atoms with Gasteiger partial charge in [0.05, 0.1) is 18.7 Å². The van der Waals surface area contributed by atoms with Gasteiger partial charge in [-0.05, 0) is 18.6 Å². The van der Waals surface area contributed by atoms with Gasteiger partial charge in [0.1, 0.15) is 5.75 Å². The molecule has 0 aromatic heterocycles. The summed E-state index contributed by atoms with van der Waals surface area (Å²) < 4.78 is 5.19. The lowest BCUT2D eigenvalue weighted by Gasteiger charge is -2.15. The highest BCUT2D eigenvalue weighted by molar-refractivity contribution is 6.32. The Balaban J connectivity index is 3.16. The molecule has 0 amide bonds. The van der Waals surface area contributed by atoms with Gasteiger partial charge in [0, 0.05) is 12.6 Å². The Kier molecular flexibility index (Phi) is 3.75. The first-order valence-electron chi connectivity index (χ1n) is 4.28. The number of nitrogens with zero attached hydrogens (tertiary/aromatic N) is 1. The Morgan fingerprint density at radius 3 is 2.64 bits per heavy atom. The third-order valence-electron chi connectivity index (χ3n) is 2.04. The van der Waals surface area contributed by atoms with E-state index in [1.807, 2.05) is 13.0 Å². The van der Waals surface area contributed by atoms with E-state index < -0.39 is 0 Å². The molecule has 1 rings (SSSR count). The maximum atomic E-state index is 9.18. The summed E-state index contributed by atoms with van der Waals surface area (Å²) in [5.41, 5.74) is 1.96. The van der Waals surface area contributed by atoms with Crippen LogP contribution in [0.1, 0.15) is 11.1 Å². The molecule has 1 aromatic carbocycles. The van der Waals surface area contributed by atoms with Crippen LogP contribution in [-0.4, -0.2) is 24.4 Å². The summed E-state index contributed by atoms with van der Waals surface area (Å²) in [4.78, 5) is 0. The predicted molar refractivity (Wildman–Crippen MR) is 56.0 cm³/mol. The molecule has 0 radical (unpaired) electrons. The first-order chi connectivity index (χ1) is 6.56.